The monoisotopic (exact) mass is 651 g/mol. The summed E-state index contributed by atoms with van der Waals surface area (Å²) in [5.41, 5.74) is 1.38. The number of halogens is 4. The van der Waals surface area contributed by atoms with E-state index in [1.807, 2.05) is 13.8 Å². The zero-order chi connectivity index (χ0) is 31.7. The number of alkyl halides is 3. The second-order valence-electron chi connectivity index (χ2n) is 9.66. The van der Waals surface area contributed by atoms with Crippen LogP contribution in [0.5, 0.6) is 0 Å². The van der Waals surface area contributed by atoms with Gasteiger partial charge in [0.15, 0.2) is 0 Å². The molecule has 1 amide bonds. The smallest absolute Gasteiger partial charge is 0.322 e. The van der Waals surface area contributed by atoms with E-state index < -0.39 is 42.7 Å². The van der Waals surface area contributed by atoms with Crippen LogP contribution < -0.4 is 14.8 Å². The first-order valence-electron chi connectivity index (χ1n) is 12.5. The van der Waals surface area contributed by atoms with Gasteiger partial charge in [-0.15, -0.1) is 0 Å². The van der Waals surface area contributed by atoms with E-state index in [9.17, 15) is 34.8 Å². The van der Waals surface area contributed by atoms with Crippen LogP contribution in [0.4, 0.5) is 30.2 Å². The fourth-order valence-corrected chi connectivity index (χ4v) is 6.58. The van der Waals surface area contributed by atoms with E-state index in [4.69, 9.17) is 11.6 Å². The van der Waals surface area contributed by atoms with Gasteiger partial charge in [0.2, 0.25) is 0 Å². The molecule has 0 spiro atoms. The number of carbonyl (C=O) groups is 1. The lowest BCUT2D eigenvalue weighted by molar-refractivity contribution is -0.137. The molecule has 43 heavy (non-hydrogen) atoms. The molecule has 0 heterocycles. The number of benzene rings is 4. The predicted molar refractivity (Wildman–Crippen MR) is 160 cm³/mol. The molecule has 0 aliphatic carbocycles. The third-order valence-electron chi connectivity index (χ3n) is 6.45. The molecule has 0 bridgehead atoms. The average Bonchev–Trinajstić information content (AvgIpc) is 2.91. The summed E-state index contributed by atoms with van der Waals surface area (Å²) in [6, 6.07) is 16.8. The third-order valence-corrected chi connectivity index (χ3v) is 9.70. The number of carbonyl (C=O) groups excluding carboxylic acids is 1. The van der Waals surface area contributed by atoms with Crippen LogP contribution in [-0.4, -0.2) is 22.7 Å². The standard InChI is InChI=1S/C29H25ClF3N3O5S2/c1-17-5-7-22(14-19(17)3)36-43(40,41)27-15-20(6-4-18(27)2)28(37)34-21-8-11-24(12-9-21)42(38,39)35-23-10-13-26(30)25(16-23)29(31,32)33/h4-16,35-36H,1-3H3,(H,34,37). The molecule has 0 aliphatic heterocycles. The van der Waals surface area contributed by atoms with Gasteiger partial charge in [-0.05, 0) is 104 Å². The molecular weight excluding hydrogens is 627 g/mol. The lowest BCUT2D eigenvalue weighted by Crippen LogP contribution is -2.17. The van der Waals surface area contributed by atoms with Gasteiger partial charge in [-0.2, -0.15) is 13.2 Å². The largest absolute Gasteiger partial charge is 0.417 e. The third kappa shape index (κ3) is 7.48. The van der Waals surface area contributed by atoms with Gasteiger partial charge in [-0.25, -0.2) is 16.8 Å². The van der Waals surface area contributed by atoms with Gasteiger partial charge < -0.3 is 5.32 Å². The van der Waals surface area contributed by atoms with Crippen molar-refractivity contribution in [3.05, 3.63) is 112 Å². The Morgan fingerprint density at radius 1 is 0.674 bits per heavy atom. The Morgan fingerprint density at radius 3 is 1.86 bits per heavy atom. The fraction of sp³-hybridized carbons (Fsp3) is 0.138. The van der Waals surface area contributed by atoms with E-state index in [-0.39, 0.29) is 26.7 Å². The summed E-state index contributed by atoms with van der Waals surface area (Å²) in [6.07, 6.45) is -4.78. The number of aryl methyl sites for hydroxylation is 3. The molecule has 0 aromatic heterocycles. The molecule has 14 heteroatoms. The first kappa shape index (κ1) is 31.9. The number of hydrogen-bond donors (Lipinski definition) is 3. The summed E-state index contributed by atoms with van der Waals surface area (Å²) in [7, 11) is -8.33. The molecule has 4 aromatic rings. The summed E-state index contributed by atoms with van der Waals surface area (Å²) < 4.78 is 95.8. The van der Waals surface area contributed by atoms with Crippen molar-refractivity contribution in [3.63, 3.8) is 0 Å². The molecule has 4 aromatic carbocycles. The Morgan fingerprint density at radius 2 is 1.23 bits per heavy atom. The summed E-state index contributed by atoms with van der Waals surface area (Å²) in [5, 5.41) is 1.99. The number of sulfonamides is 2. The van der Waals surface area contributed by atoms with Gasteiger partial charge in [0.1, 0.15) is 0 Å². The normalized spacial score (nSPS) is 12.1. The summed E-state index contributed by atoms with van der Waals surface area (Å²) in [6.45, 7) is 5.35. The topological polar surface area (TPSA) is 121 Å². The summed E-state index contributed by atoms with van der Waals surface area (Å²) >= 11 is 5.59. The van der Waals surface area contributed by atoms with Crippen LogP contribution >= 0.6 is 11.6 Å². The van der Waals surface area contributed by atoms with Crippen molar-refractivity contribution in [3.8, 4) is 0 Å². The van der Waals surface area contributed by atoms with E-state index in [2.05, 4.69) is 14.8 Å². The van der Waals surface area contributed by atoms with Gasteiger partial charge in [0, 0.05) is 22.6 Å². The van der Waals surface area contributed by atoms with E-state index in [0.29, 0.717) is 17.3 Å². The van der Waals surface area contributed by atoms with Crippen molar-refractivity contribution in [2.45, 2.75) is 36.7 Å². The van der Waals surface area contributed by atoms with Gasteiger partial charge in [0.05, 0.1) is 20.4 Å². The minimum atomic E-state index is -4.78. The number of hydrogen-bond acceptors (Lipinski definition) is 5. The number of rotatable bonds is 8. The minimum Gasteiger partial charge on any atom is -0.322 e. The van der Waals surface area contributed by atoms with Crippen LogP contribution in [0.2, 0.25) is 5.02 Å². The number of amides is 1. The van der Waals surface area contributed by atoms with E-state index >= 15 is 0 Å². The highest BCUT2D eigenvalue weighted by Gasteiger charge is 2.33. The van der Waals surface area contributed by atoms with Crippen molar-refractivity contribution in [1.29, 1.82) is 0 Å². The van der Waals surface area contributed by atoms with Crippen LogP contribution in [0.1, 0.15) is 32.6 Å². The highest BCUT2D eigenvalue weighted by Crippen LogP contribution is 2.36. The highest BCUT2D eigenvalue weighted by molar-refractivity contribution is 7.93. The molecule has 226 valence electrons. The Bertz CT molecular complexity index is 1930. The molecule has 0 atom stereocenters. The average molecular weight is 652 g/mol. The lowest BCUT2D eigenvalue weighted by Gasteiger charge is -2.14. The maximum absolute atomic E-state index is 13.1. The second kappa shape index (κ2) is 11.9. The molecule has 0 saturated heterocycles. The zero-order valence-corrected chi connectivity index (χ0v) is 25.3. The van der Waals surface area contributed by atoms with E-state index in [1.165, 1.54) is 30.3 Å². The predicted octanol–water partition coefficient (Wildman–Crippen LogP) is 7.14. The van der Waals surface area contributed by atoms with Crippen molar-refractivity contribution >= 4 is 54.6 Å². The van der Waals surface area contributed by atoms with Crippen LogP contribution in [0.3, 0.4) is 0 Å². The lowest BCUT2D eigenvalue weighted by atomic mass is 10.1. The Labute approximate surface area is 252 Å². The molecule has 8 nitrogen and oxygen atoms in total. The molecule has 3 N–H and O–H groups in total. The SMILES string of the molecule is Cc1ccc(NS(=O)(=O)c2cc(C(=O)Nc3ccc(S(=O)(=O)Nc4ccc(Cl)c(C(F)(F)F)c4)cc3)ccc2C)cc1C. The fourth-order valence-electron chi connectivity index (χ4n) is 3.99. The van der Waals surface area contributed by atoms with Crippen molar-refractivity contribution < 1.29 is 34.8 Å². The number of nitrogens with one attached hydrogen (secondary N) is 3. The molecule has 0 unspecified atom stereocenters. The maximum Gasteiger partial charge on any atom is 0.417 e. The van der Waals surface area contributed by atoms with Gasteiger partial charge in [-0.1, -0.05) is 23.7 Å². The van der Waals surface area contributed by atoms with Crippen molar-refractivity contribution in [2.24, 2.45) is 0 Å². The van der Waals surface area contributed by atoms with Gasteiger partial charge >= 0.3 is 6.18 Å². The molecule has 4 rings (SSSR count). The van der Waals surface area contributed by atoms with Crippen LogP contribution in [0.25, 0.3) is 0 Å². The first-order valence-corrected chi connectivity index (χ1v) is 15.8. The Hall–Kier alpha value is -4.07. The summed E-state index contributed by atoms with van der Waals surface area (Å²) in [5.74, 6) is -0.655. The highest BCUT2D eigenvalue weighted by atomic mass is 35.5. The van der Waals surface area contributed by atoms with Gasteiger partial charge in [-0.3, -0.25) is 14.2 Å². The number of anilines is 3. The molecule has 0 saturated carbocycles. The molecule has 0 fully saturated rings. The minimum absolute atomic E-state index is 0.0348. The second-order valence-corrected chi connectivity index (χ2v) is 13.4. The van der Waals surface area contributed by atoms with Crippen LogP contribution in [-0.2, 0) is 26.2 Å². The Balaban J connectivity index is 1.50. The van der Waals surface area contributed by atoms with E-state index in [1.54, 1.807) is 25.1 Å². The quantitative estimate of drug-likeness (QED) is 0.187. The van der Waals surface area contributed by atoms with Crippen LogP contribution in [0.15, 0.2) is 88.7 Å². The molecule has 0 aliphatic rings. The van der Waals surface area contributed by atoms with E-state index in [0.717, 1.165) is 35.4 Å². The molecular formula is C29H25ClF3N3O5S2. The maximum atomic E-state index is 13.1. The first-order chi connectivity index (χ1) is 20.0. The summed E-state index contributed by atoms with van der Waals surface area (Å²) in [4.78, 5) is 12.6. The van der Waals surface area contributed by atoms with Crippen molar-refractivity contribution in [2.75, 3.05) is 14.8 Å². The molecule has 0 radical (unpaired) electrons. The van der Waals surface area contributed by atoms with Crippen LogP contribution in [0, 0.1) is 20.8 Å². The Kier molecular flexibility index (Phi) is 8.82. The van der Waals surface area contributed by atoms with Gasteiger partial charge in [0.25, 0.3) is 26.0 Å². The van der Waals surface area contributed by atoms with Crippen molar-refractivity contribution in [1.82, 2.24) is 0 Å². The zero-order valence-electron chi connectivity index (χ0n) is 22.9.